The number of ether oxygens (including phenoxy) is 4. The SMILES string of the molecule is COc1ccc(-c2cc(C(=O)N/N=C/c3ccc(OC)c(OCc4ccccc4)c3)[nH]n2)cc1OC. The van der Waals surface area contributed by atoms with E-state index in [1.165, 1.54) is 6.21 Å². The summed E-state index contributed by atoms with van der Waals surface area (Å²) >= 11 is 0. The number of benzene rings is 3. The molecule has 0 saturated carbocycles. The Morgan fingerprint density at radius 2 is 1.61 bits per heavy atom. The first-order valence-corrected chi connectivity index (χ1v) is 11.1. The molecule has 2 N–H and O–H groups in total. The van der Waals surface area contributed by atoms with E-state index in [9.17, 15) is 4.79 Å². The van der Waals surface area contributed by atoms with Crippen molar-refractivity contribution in [3.63, 3.8) is 0 Å². The predicted octanol–water partition coefficient (Wildman–Crippen LogP) is 4.45. The summed E-state index contributed by atoms with van der Waals surface area (Å²) in [6, 6.07) is 22.3. The number of H-pyrrole nitrogens is 1. The number of nitrogens with zero attached hydrogens (tertiary/aromatic N) is 2. The number of hydrogen-bond donors (Lipinski definition) is 2. The lowest BCUT2D eigenvalue weighted by atomic mass is 10.1. The molecule has 0 saturated heterocycles. The highest BCUT2D eigenvalue weighted by Crippen LogP contribution is 2.32. The number of methoxy groups -OCH3 is 3. The van der Waals surface area contributed by atoms with Crippen LogP contribution in [0.1, 0.15) is 21.6 Å². The maximum absolute atomic E-state index is 12.5. The molecule has 1 aromatic heterocycles. The molecular weight excluding hydrogens is 460 g/mol. The van der Waals surface area contributed by atoms with Crippen LogP contribution in [0.5, 0.6) is 23.0 Å². The Labute approximate surface area is 208 Å². The summed E-state index contributed by atoms with van der Waals surface area (Å²) in [5.41, 5.74) is 5.89. The van der Waals surface area contributed by atoms with Gasteiger partial charge in [0, 0.05) is 5.56 Å². The molecule has 0 spiro atoms. The summed E-state index contributed by atoms with van der Waals surface area (Å²) in [4.78, 5) is 12.5. The van der Waals surface area contributed by atoms with E-state index in [2.05, 4.69) is 20.7 Å². The Bertz CT molecular complexity index is 1350. The maximum Gasteiger partial charge on any atom is 0.289 e. The van der Waals surface area contributed by atoms with E-state index in [1.807, 2.05) is 42.5 Å². The lowest BCUT2D eigenvalue weighted by Crippen LogP contribution is -2.18. The van der Waals surface area contributed by atoms with Crippen LogP contribution in [0.4, 0.5) is 0 Å². The molecule has 1 amide bonds. The first kappa shape index (κ1) is 24.3. The van der Waals surface area contributed by atoms with Gasteiger partial charge in [-0.15, -0.1) is 0 Å². The predicted molar refractivity (Wildman–Crippen MR) is 136 cm³/mol. The summed E-state index contributed by atoms with van der Waals surface area (Å²) in [7, 11) is 4.71. The van der Waals surface area contributed by atoms with Crippen molar-refractivity contribution in [3.8, 4) is 34.3 Å². The van der Waals surface area contributed by atoms with Crippen LogP contribution in [0.15, 0.2) is 77.9 Å². The highest BCUT2D eigenvalue weighted by atomic mass is 16.5. The van der Waals surface area contributed by atoms with Crippen LogP contribution in [-0.4, -0.2) is 43.6 Å². The minimum Gasteiger partial charge on any atom is -0.493 e. The van der Waals surface area contributed by atoms with Crippen LogP contribution in [0.3, 0.4) is 0 Å². The lowest BCUT2D eigenvalue weighted by molar-refractivity contribution is 0.0950. The van der Waals surface area contributed by atoms with E-state index in [4.69, 9.17) is 18.9 Å². The number of aromatic amines is 1. The fraction of sp³-hybridized carbons (Fsp3) is 0.148. The summed E-state index contributed by atoms with van der Waals surface area (Å²) in [6.45, 7) is 0.400. The van der Waals surface area contributed by atoms with Gasteiger partial charge >= 0.3 is 0 Å². The van der Waals surface area contributed by atoms with E-state index in [0.717, 1.165) is 16.7 Å². The maximum atomic E-state index is 12.5. The van der Waals surface area contributed by atoms with Gasteiger partial charge in [0.2, 0.25) is 0 Å². The average molecular weight is 487 g/mol. The topological polar surface area (TPSA) is 107 Å². The lowest BCUT2D eigenvalue weighted by Gasteiger charge is -2.11. The fourth-order valence-electron chi connectivity index (χ4n) is 3.43. The number of nitrogens with one attached hydrogen (secondary N) is 2. The smallest absolute Gasteiger partial charge is 0.289 e. The molecule has 0 aliphatic rings. The summed E-state index contributed by atoms with van der Waals surface area (Å²) < 4.78 is 21.9. The zero-order valence-corrected chi connectivity index (χ0v) is 20.1. The Morgan fingerprint density at radius 3 is 2.36 bits per heavy atom. The molecule has 4 aromatic rings. The number of aromatic nitrogens is 2. The second-order valence-corrected chi connectivity index (χ2v) is 7.62. The van der Waals surface area contributed by atoms with E-state index in [0.29, 0.717) is 35.3 Å². The van der Waals surface area contributed by atoms with Gasteiger partial charge in [0.25, 0.3) is 5.91 Å². The van der Waals surface area contributed by atoms with E-state index in [1.54, 1.807) is 51.7 Å². The van der Waals surface area contributed by atoms with Crippen molar-refractivity contribution in [2.75, 3.05) is 21.3 Å². The first-order chi connectivity index (χ1) is 17.6. The molecule has 1 heterocycles. The van der Waals surface area contributed by atoms with Crippen molar-refractivity contribution >= 4 is 12.1 Å². The van der Waals surface area contributed by atoms with Gasteiger partial charge in [0.05, 0.1) is 33.2 Å². The van der Waals surface area contributed by atoms with Gasteiger partial charge < -0.3 is 18.9 Å². The molecule has 0 bridgehead atoms. The standard InChI is InChI=1S/C27H26N4O5/c1-33-23-12-10-20(14-25(23)35-3)21-15-22(30-29-21)27(32)31-28-16-19-9-11-24(34-2)26(13-19)36-17-18-7-5-4-6-8-18/h4-16H,17H2,1-3H3,(H,29,30)(H,31,32)/b28-16+. The minimum atomic E-state index is -0.431. The van der Waals surface area contributed by atoms with Crippen molar-refractivity contribution in [1.29, 1.82) is 0 Å². The number of hydrazone groups is 1. The molecule has 0 fully saturated rings. The van der Waals surface area contributed by atoms with Gasteiger partial charge in [-0.1, -0.05) is 30.3 Å². The normalized spacial score (nSPS) is 10.8. The molecule has 0 aliphatic carbocycles. The Morgan fingerprint density at radius 1 is 0.889 bits per heavy atom. The monoisotopic (exact) mass is 486 g/mol. The van der Waals surface area contributed by atoms with Gasteiger partial charge in [-0.25, -0.2) is 5.43 Å². The van der Waals surface area contributed by atoms with Gasteiger partial charge in [-0.3, -0.25) is 9.89 Å². The van der Waals surface area contributed by atoms with Crippen LogP contribution in [0.25, 0.3) is 11.3 Å². The van der Waals surface area contributed by atoms with Gasteiger partial charge in [-0.2, -0.15) is 10.2 Å². The van der Waals surface area contributed by atoms with Crippen molar-refractivity contribution in [2.24, 2.45) is 5.10 Å². The summed E-state index contributed by atoms with van der Waals surface area (Å²) in [5.74, 6) is 1.92. The second-order valence-electron chi connectivity index (χ2n) is 7.62. The molecule has 0 atom stereocenters. The summed E-state index contributed by atoms with van der Waals surface area (Å²) in [6.07, 6.45) is 1.53. The Hall–Kier alpha value is -4.79. The molecule has 0 radical (unpaired) electrons. The van der Waals surface area contributed by atoms with Crippen molar-refractivity contribution in [3.05, 3.63) is 89.6 Å². The molecule has 0 aliphatic heterocycles. The number of carbonyl (C=O) groups is 1. The van der Waals surface area contributed by atoms with E-state index >= 15 is 0 Å². The molecule has 0 unspecified atom stereocenters. The highest BCUT2D eigenvalue weighted by molar-refractivity contribution is 5.94. The van der Waals surface area contributed by atoms with Crippen LogP contribution < -0.4 is 24.4 Å². The summed E-state index contributed by atoms with van der Waals surface area (Å²) in [5, 5.41) is 11.0. The molecular formula is C27H26N4O5. The number of carbonyl (C=O) groups excluding carboxylic acids is 1. The molecule has 9 nitrogen and oxygen atoms in total. The Balaban J connectivity index is 1.40. The second kappa shape index (κ2) is 11.6. The number of amides is 1. The highest BCUT2D eigenvalue weighted by Gasteiger charge is 2.13. The number of rotatable bonds is 10. The van der Waals surface area contributed by atoms with Crippen molar-refractivity contribution < 1.29 is 23.7 Å². The van der Waals surface area contributed by atoms with Crippen LogP contribution in [0, 0.1) is 0 Å². The van der Waals surface area contributed by atoms with Crippen molar-refractivity contribution in [2.45, 2.75) is 6.61 Å². The molecule has 184 valence electrons. The van der Waals surface area contributed by atoms with E-state index < -0.39 is 5.91 Å². The van der Waals surface area contributed by atoms with Crippen LogP contribution in [0.2, 0.25) is 0 Å². The van der Waals surface area contributed by atoms with Gasteiger partial charge in [0.1, 0.15) is 12.3 Å². The number of hydrogen-bond acceptors (Lipinski definition) is 7. The zero-order valence-electron chi connectivity index (χ0n) is 20.1. The average Bonchev–Trinajstić information content (AvgIpc) is 3.43. The third-order valence-electron chi connectivity index (χ3n) is 5.31. The molecule has 3 aromatic carbocycles. The Kier molecular flexibility index (Phi) is 7.82. The van der Waals surface area contributed by atoms with Crippen molar-refractivity contribution in [1.82, 2.24) is 15.6 Å². The third kappa shape index (κ3) is 5.82. The van der Waals surface area contributed by atoms with Gasteiger partial charge in [-0.05, 0) is 53.6 Å². The van der Waals surface area contributed by atoms with Crippen LogP contribution >= 0.6 is 0 Å². The van der Waals surface area contributed by atoms with E-state index in [-0.39, 0.29) is 5.69 Å². The molecule has 4 rings (SSSR count). The third-order valence-corrected chi connectivity index (χ3v) is 5.31. The fourth-order valence-corrected chi connectivity index (χ4v) is 3.43. The largest absolute Gasteiger partial charge is 0.493 e. The zero-order chi connectivity index (χ0) is 25.3. The van der Waals surface area contributed by atoms with Crippen LogP contribution in [-0.2, 0) is 6.61 Å². The molecule has 36 heavy (non-hydrogen) atoms. The van der Waals surface area contributed by atoms with Gasteiger partial charge in [0.15, 0.2) is 23.0 Å². The first-order valence-electron chi connectivity index (χ1n) is 11.1. The molecule has 9 heteroatoms. The quantitative estimate of drug-likeness (QED) is 0.253. The minimum absolute atomic E-state index is 0.263.